The Labute approximate surface area is 105 Å². The number of aromatic nitrogens is 2. The van der Waals surface area contributed by atoms with Crippen LogP contribution in [0.1, 0.15) is 5.56 Å². The van der Waals surface area contributed by atoms with Crippen LogP contribution < -0.4 is 5.69 Å². The summed E-state index contributed by atoms with van der Waals surface area (Å²) in [6, 6.07) is 14.4. The van der Waals surface area contributed by atoms with E-state index in [1.54, 1.807) is 22.4 Å². The lowest BCUT2D eigenvalue weighted by Crippen LogP contribution is -2.22. The van der Waals surface area contributed by atoms with Crippen LogP contribution in [0.3, 0.4) is 0 Å². The van der Waals surface area contributed by atoms with Gasteiger partial charge in [0.2, 0.25) is 0 Å². The molecule has 0 atom stereocenters. The van der Waals surface area contributed by atoms with E-state index in [-0.39, 0.29) is 5.69 Å². The van der Waals surface area contributed by atoms with Crippen LogP contribution in [0.4, 0.5) is 0 Å². The normalized spacial score (nSPS) is 10.9. The summed E-state index contributed by atoms with van der Waals surface area (Å²) < 4.78 is 3.31. The minimum Gasteiger partial charge on any atom is -0.302 e. The van der Waals surface area contributed by atoms with Crippen LogP contribution in [-0.4, -0.2) is 9.13 Å². The third kappa shape index (κ3) is 1.74. The van der Waals surface area contributed by atoms with E-state index in [0.717, 1.165) is 0 Å². The topological polar surface area (TPSA) is 26.9 Å². The van der Waals surface area contributed by atoms with Crippen LogP contribution in [0.25, 0.3) is 10.8 Å². The summed E-state index contributed by atoms with van der Waals surface area (Å²) in [5.41, 5.74) is 1.18. The van der Waals surface area contributed by atoms with E-state index in [2.05, 4.69) is 24.3 Å². The van der Waals surface area contributed by atoms with Crippen LogP contribution in [0.15, 0.2) is 59.7 Å². The Morgan fingerprint density at radius 2 is 1.78 bits per heavy atom. The number of imidazole rings is 1. The van der Waals surface area contributed by atoms with Crippen molar-refractivity contribution in [3.8, 4) is 0 Å². The summed E-state index contributed by atoms with van der Waals surface area (Å²) in [6.45, 7) is 0.612. The molecule has 0 aliphatic carbocycles. The Balaban J connectivity index is 2.10. The second-order valence-corrected chi connectivity index (χ2v) is 4.46. The Hall–Kier alpha value is -2.29. The van der Waals surface area contributed by atoms with Crippen LogP contribution in [0, 0.1) is 0 Å². The molecule has 18 heavy (non-hydrogen) atoms. The Bertz CT molecular complexity index is 747. The molecular formula is C15H14N2O. The van der Waals surface area contributed by atoms with Gasteiger partial charge in [-0.3, -0.25) is 4.57 Å². The standard InChI is InChI=1S/C15H14N2O/c1-16-9-10-17(15(16)18)11-13-7-4-6-12-5-2-3-8-14(12)13/h2-10H,11H2,1H3. The number of hydrogen-bond acceptors (Lipinski definition) is 1. The molecule has 0 radical (unpaired) electrons. The predicted octanol–water partition coefficient (Wildman–Crippen LogP) is 2.39. The first kappa shape index (κ1) is 10.8. The minimum absolute atomic E-state index is 0.0166. The highest BCUT2D eigenvalue weighted by atomic mass is 16.1. The van der Waals surface area contributed by atoms with Gasteiger partial charge in [0.15, 0.2) is 0 Å². The van der Waals surface area contributed by atoms with Crippen molar-refractivity contribution >= 4 is 10.8 Å². The number of aryl methyl sites for hydroxylation is 1. The zero-order valence-corrected chi connectivity index (χ0v) is 10.2. The number of fused-ring (bicyclic) bond motifs is 1. The molecule has 0 bridgehead atoms. The highest BCUT2D eigenvalue weighted by Gasteiger charge is 2.04. The molecule has 0 N–H and O–H groups in total. The smallest absolute Gasteiger partial charge is 0.302 e. The van der Waals surface area contributed by atoms with Gasteiger partial charge in [-0.25, -0.2) is 4.79 Å². The fourth-order valence-electron chi connectivity index (χ4n) is 2.24. The Morgan fingerprint density at radius 3 is 2.56 bits per heavy atom. The molecule has 0 saturated heterocycles. The lowest BCUT2D eigenvalue weighted by Gasteiger charge is -2.06. The molecule has 0 aliphatic rings. The Kier molecular flexibility index (Phi) is 2.52. The quantitative estimate of drug-likeness (QED) is 0.673. The zero-order chi connectivity index (χ0) is 12.5. The molecule has 0 unspecified atom stereocenters. The van der Waals surface area contributed by atoms with Gasteiger partial charge < -0.3 is 4.57 Å². The van der Waals surface area contributed by atoms with Gasteiger partial charge in [0.25, 0.3) is 0 Å². The van der Waals surface area contributed by atoms with Crippen molar-refractivity contribution in [2.45, 2.75) is 6.54 Å². The van der Waals surface area contributed by atoms with Gasteiger partial charge in [-0.05, 0) is 16.3 Å². The SMILES string of the molecule is Cn1ccn(Cc2cccc3ccccc23)c1=O. The van der Waals surface area contributed by atoms with E-state index >= 15 is 0 Å². The molecule has 3 aromatic rings. The van der Waals surface area contributed by atoms with Crippen molar-refractivity contribution in [3.05, 3.63) is 70.9 Å². The van der Waals surface area contributed by atoms with E-state index in [0.29, 0.717) is 6.54 Å². The van der Waals surface area contributed by atoms with Gasteiger partial charge in [0, 0.05) is 19.4 Å². The lowest BCUT2D eigenvalue weighted by molar-refractivity contribution is 0.720. The highest BCUT2D eigenvalue weighted by molar-refractivity contribution is 5.85. The first-order valence-electron chi connectivity index (χ1n) is 5.94. The first-order valence-corrected chi connectivity index (χ1v) is 5.94. The second kappa shape index (κ2) is 4.18. The maximum atomic E-state index is 11.8. The zero-order valence-electron chi connectivity index (χ0n) is 10.2. The molecule has 0 saturated carbocycles. The molecule has 0 aliphatic heterocycles. The van der Waals surface area contributed by atoms with E-state index in [1.165, 1.54) is 16.3 Å². The van der Waals surface area contributed by atoms with Gasteiger partial charge in [-0.1, -0.05) is 42.5 Å². The molecule has 3 heteroatoms. The average molecular weight is 238 g/mol. The maximum absolute atomic E-state index is 11.8. The second-order valence-electron chi connectivity index (χ2n) is 4.46. The fourth-order valence-corrected chi connectivity index (χ4v) is 2.24. The first-order chi connectivity index (χ1) is 8.75. The van der Waals surface area contributed by atoms with Gasteiger partial charge in [-0.15, -0.1) is 0 Å². The van der Waals surface area contributed by atoms with Gasteiger partial charge >= 0.3 is 5.69 Å². The lowest BCUT2D eigenvalue weighted by atomic mass is 10.0. The van der Waals surface area contributed by atoms with Crippen molar-refractivity contribution < 1.29 is 0 Å². The molecule has 0 fully saturated rings. The molecule has 1 heterocycles. The maximum Gasteiger partial charge on any atom is 0.328 e. The molecule has 3 rings (SSSR count). The summed E-state index contributed by atoms with van der Waals surface area (Å²) in [5, 5.41) is 2.41. The third-order valence-corrected chi connectivity index (χ3v) is 3.24. The van der Waals surface area contributed by atoms with Crippen LogP contribution >= 0.6 is 0 Å². The van der Waals surface area contributed by atoms with Crippen molar-refractivity contribution in [1.29, 1.82) is 0 Å². The number of nitrogens with zero attached hydrogens (tertiary/aromatic N) is 2. The van der Waals surface area contributed by atoms with Gasteiger partial charge in [-0.2, -0.15) is 0 Å². The number of hydrogen-bond donors (Lipinski definition) is 0. The molecular weight excluding hydrogens is 224 g/mol. The molecule has 2 aromatic carbocycles. The van der Waals surface area contributed by atoms with E-state index in [9.17, 15) is 4.79 Å². The van der Waals surface area contributed by atoms with Crippen molar-refractivity contribution in [3.63, 3.8) is 0 Å². The molecule has 0 spiro atoms. The van der Waals surface area contributed by atoms with E-state index in [4.69, 9.17) is 0 Å². The summed E-state index contributed by atoms with van der Waals surface area (Å²) in [7, 11) is 1.77. The summed E-state index contributed by atoms with van der Waals surface area (Å²) >= 11 is 0. The summed E-state index contributed by atoms with van der Waals surface area (Å²) in [5.74, 6) is 0. The average Bonchev–Trinajstić information content (AvgIpc) is 2.71. The summed E-state index contributed by atoms with van der Waals surface area (Å²) in [4.78, 5) is 11.8. The molecule has 0 amide bonds. The van der Waals surface area contributed by atoms with Gasteiger partial charge in [0.05, 0.1) is 6.54 Å². The molecule has 3 nitrogen and oxygen atoms in total. The minimum atomic E-state index is 0.0166. The molecule has 1 aromatic heterocycles. The molecule has 90 valence electrons. The highest BCUT2D eigenvalue weighted by Crippen LogP contribution is 2.18. The number of rotatable bonds is 2. The van der Waals surface area contributed by atoms with Crippen molar-refractivity contribution in [1.82, 2.24) is 9.13 Å². The van der Waals surface area contributed by atoms with Gasteiger partial charge in [0.1, 0.15) is 0 Å². The summed E-state index contributed by atoms with van der Waals surface area (Å²) in [6.07, 6.45) is 3.61. The van der Waals surface area contributed by atoms with E-state index < -0.39 is 0 Å². The van der Waals surface area contributed by atoms with Crippen LogP contribution in [0.5, 0.6) is 0 Å². The third-order valence-electron chi connectivity index (χ3n) is 3.24. The van der Waals surface area contributed by atoms with Crippen molar-refractivity contribution in [2.75, 3.05) is 0 Å². The Morgan fingerprint density at radius 1 is 1.00 bits per heavy atom. The fraction of sp³-hybridized carbons (Fsp3) is 0.133. The van der Waals surface area contributed by atoms with Crippen molar-refractivity contribution in [2.24, 2.45) is 7.05 Å². The van der Waals surface area contributed by atoms with E-state index in [1.807, 2.05) is 24.4 Å². The van der Waals surface area contributed by atoms with Crippen LogP contribution in [-0.2, 0) is 13.6 Å². The monoisotopic (exact) mass is 238 g/mol. The largest absolute Gasteiger partial charge is 0.328 e. The van der Waals surface area contributed by atoms with Crippen LogP contribution in [0.2, 0.25) is 0 Å². The predicted molar refractivity (Wildman–Crippen MR) is 72.7 cm³/mol. The number of benzene rings is 2.